The van der Waals surface area contributed by atoms with Crippen LogP contribution in [-0.2, 0) is 9.22 Å². The summed E-state index contributed by atoms with van der Waals surface area (Å²) < 4.78 is 6.66. The molecule has 1 fully saturated rings. The zero-order valence-corrected chi connectivity index (χ0v) is 17.7. The van der Waals surface area contributed by atoms with Gasteiger partial charge in [-0.2, -0.15) is 0 Å². The lowest BCUT2D eigenvalue weighted by molar-refractivity contribution is -0.153. The highest BCUT2D eigenvalue weighted by atomic mass is 28.4. The molecule has 2 rings (SSSR count). The van der Waals surface area contributed by atoms with Gasteiger partial charge in [-0.15, -0.1) is 0 Å². The van der Waals surface area contributed by atoms with Gasteiger partial charge in [0.1, 0.15) is 5.78 Å². The van der Waals surface area contributed by atoms with Crippen LogP contribution in [-0.4, -0.2) is 14.1 Å². The first-order valence-corrected chi connectivity index (χ1v) is 12.0. The molecular formula is C20H36O2Si. The summed E-state index contributed by atoms with van der Waals surface area (Å²) in [6, 6.07) is 0. The van der Waals surface area contributed by atoms with E-state index in [4.69, 9.17) is 4.43 Å². The van der Waals surface area contributed by atoms with Gasteiger partial charge < -0.3 is 4.43 Å². The molecule has 2 aliphatic carbocycles. The zero-order chi connectivity index (χ0) is 17.9. The zero-order valence-electron chi connectivity index (χ0n) is 16.7. The third-order valence-electron chi connectivity index (χ3n) is 7.46. The molecule has 0 aromatic heterocycles. The molecule has 0 amide bonds. The highest BCUT2D eigenvalue weighted by Gasteiger charge is 2.61. The molecule has 0 heterocycles. The highest BCUT2D eigenvalue weighted by Crippen LogP contribution is 2.64. The number of allylic oxidation sites excluding steroid dienone is 2. The molecule has 0 unspecified atom stereocenters. The Labute approximate surface area is 144 Å². The molecule has 0 aromatic carbocycles. The van der Waals surface area contributed by atoms with Gasteiger partial charge in [-0.3, -0.25) is 4.79 Å². The fourth-order valence-electron chi connectivity index (χ4n) is 4.41. The second-order valence-corrected chi connectivity index (χ2v) is 15.1. The van der Waals surface area contributed by atoms with Gasteiger partial charge in [0, 0.05) is 18.3 Å². The highest BCUT2D eigenvalue weighted by molar-refractivity contribution is 6.74. The van der Waals surface area contributed by atoms with Gasteiger partial charge in [0.25, 0.3) is 0 Å². The van der Waals surface area contributed by atoms with E-state index in [0.29, 0.717) is 5.78 Å². The van der Waals surface area contributed by atoms with Crippen molar-refractivity contribution in [3.63, 3.8) is 0 Å². The van der Waals surface area contributed by atoms with Gasteiger partial charge in [-0.25, -0.2) is 0 Å². The molecule has 2 aliphatic rings. The van der Waals surface area contributed by atoms with E-state index < -0.39 is 8.32 Å². The third kappa shape index (κ3) is 2.73. The Bertz CT molecular complexity index is 538. The summed E-state index contributed by atoms with van der Waals surface area (Å²) in [7, 11) is -1.84. The Hall–Kier alpha value is -0.573. The Morgan fingerprint density at radius 2 is 1.70 bits per heavy atom. The maximum atomic E-state index is 12.9. The van der Waals surface area contributed by atoms with Gasteiger partial charge in [-0.1, -0.05) is 48.5 Å². The average molecular weight is 337 g/mol. The second-order valence-electron chi connectivity index (χ2n) is 10.3. The normalized spacial score (nSPS) is 34.7. The van der Waals surface area contributed by atoms with Crippen molar-refractivity contribution >= 4 is 14.1 Å². The molecule has 0 spiro atoms. The number of hydrogen-bond acceptors (Lipinski definition) is 2. The van der Waals surface area contributed by atoms with Crippen LogP contribution in [0.4, 0.5) is 0 Å². The number of carbonyl (C=O) groups is 1. The first-order valence-electron chi connectivity index (χ1n) is 9.10. The quantitative estimate of drug-likeness (QED) is 0.570. The Morgan fingerprint density at radius 3 is 2.22 bits per heavy atom. The van der Waals surface area contributed by atoms with Crippen LogP contribution in [0.2, 0.25) is 18.1 Å². The summed E-state index contributed by atoms with van der Waals surface area (Å²) in [4.78, 5) is 12.9. The number of ketones is 1. The van der Waals surface area contributed by atoms with Crippen molar-refractivity contribution in [3.8, 4) is 0 Å². The van der Waals surface area contributed by atoms with Crippen LogP contribution in [0.5, 0.6) is 0 Å². The van der Waals surface area contributed by atoms with Gasteiger partial charge >= 0.3 is 0 Å². The van der Waals surface area contributed by atoms with E-state index >= 15 is 0 Å². The number of Topliss-reactive ketones (excluding diaryl/α,β-unsaturated/α-hetero) is 1. The number of fused-ring (bicyclic) bond motifs is 1. The van der Waals surface area contributed by atoms with Crippen LogP contribution >= 0.6 is 0 Å². The lowest BCUT2D eigenvalue weighted by Gasteiger charge is -2.59. The van der Waals surface area contributed by atoms with Gasteiger partial charge in [0.15, 0.2) is 0 Å². The summed E-state index contributed by atoms with van der Waals surface area (Å²) in [5, 5.41) is 0.196. The summed E-state index contributed by atoms with van der Waals surface area (Å²) in [6.45, 7) is 20.4. The summed E-state index contributed by atoms with van der Waals surface area (Å²) in [5.41, 5.74) is -0.425. The van der Waals surface area contributed by atoms with Gasteiger partial charge in [0.2, 0.25) is 8.32 Å². The van der Waals surface area contributed by atoms with E-state index in [1.54, 1.807) is 0 Å². The first kappa shape index (κ1) is 18.8. The Balaban J connectivity index is 2.44. The number of rotatable bonds is 2. The van der Waals surface area contributed by atoms with E-state index in [2.05, 4.69) is 67.6 Å². The van der Waals surface area contributed by atoms with Gasteiger partial charge in [-0.05, 0) is 47.9 Å². The monoisotopic (exact) mass is 336 g/mol. The topological polar surface area (TPSA) is 26.3 Å². The molecule has 2 atom stereocenters. The molecule has 0 bridgehead atoms. The van der Waals surface area contributed by atoms with Crippen molar-refractivity contribution in [2.75, 3.05) is 0 Å². The first-order chi connectivity index (χ1) is 10.2. The molecule has 0 aliphatic heterocycles. The largest absolute Gasteiger partial charge is 0.547 e. The van der Waals surface area contributed by atoms with Crippen molar-refractivity contribution in [3.05, 3.63) is 11.8 Å². The molecule has 0 saturated heterocycles. The molecule has 132 valence electrons. The van der Waals surface area contributed by atoms with Crippen molar-refractivity contribution in [1.82, 2.24) is 0 Å². The van der Waals surface area contributed by atoms with E-state index in [9.17, 15) is 4.79 Å². The fraction of sp³-hybridized carbons (Fsp3) is 0.850. The smallest absolute Gasteiger partial charge is 0.250 e. The molecule has 1 saturated carbocycles. The van der Waals surface area contributed by atoms with Crippen molar-refractivity contribution in [1.29, 1.82) is 0 Å². The SMILES string of the molecule is CC1(C)C=C(O[Si](C)(C)C(C)(C)C)C[C@]2(C)CCCC(=O)[C@]12C. The Morgan fingerprint density at radius 1 is 1.13 bits per heavy atom. The molecular weight excluding hydrogens is 300 g/mol. The number of hydrogen-bond donors (Lipinski definition) is 0. The minimum atomic E-state index is -1.84. The van der Waals surface area contributed by atoms with Crippen LogP contribution in [0, 0.1) is 16.2 Å². The van der Waals surface area contributed by atoms with E-state index in [-0.39, 0.29) is 21.3 Å². The molecule has 2 nitrogen and oxygen atoms in total. The summed E-state index contributed by atoms with van der Waals surface area (Å²) in [6.07, 6.45) is 6.07. The molecule has 0 N–H and O–H groups in total. The van der Waals surface area contributed by atoms with E-state index in [1.165, 1.54) is 0 Å². The average Bonchev–Trinajstić information content (AvgIpc) is 2.31. The van der Waals surface area contributed by atoms with Crippen molar-refractivity contribution < 1.29 is 9.22 Å². The van der Waals surface area contributed by atoms with Crippen LogP contribution in [0.1, 0.15) is 74.1 Å². The van der Waals surface area contributed by atoms with E-state index in [1.807, 2.05) is 0 Å². The van der Waals surface area contributed by atoms with Crippen LogP contribution in [0.3, 0.4) is 0 Å². The summed E-state index contributed by atoms with van der Waals surface area (Å²) in [5.74, 6) is 1.58. The van der Waals surface area contributed by atoms with Gasteiger partial charge in [0.05, 0.1) is 5.76 Å². The summed E-state index contributed by atoms with van der Waals surface area (Å²) >= 11 is 0. The maximum Gasteiger partial charge on any atom is 0.250 e. The minimum absolute atomic E-state index is 0.0122. The number of carbonyl (C=O) groups excluding carboxylic acids is 1. The van der Waals surface area contributed by atoms with Crippen LogP contribution in [0.25, 0.3) is 0 Å². The predicted molar refractivity (Wildman–Crippen MR) is 99.8 cm³/mol. The van der Waals surface area contributed by atoms with E-state index in [0.717, 1.165) is 31.4 Å². The molecule has 0 radical (unpaired) electrons. The molecule has 0 aromatic rings. The standard InChI is InChI=1S/C20H36O2Si/c1-17(2,3)23(8,9)22-15-13-18(4,5)20(7)16(21)11-10-12-19(20,6)14-15/h13H,10-12,14H2,1-9H3/t19-,20+/m0/s1. The maximum absolute atomic E-state index is 12.9. The fourth-order valence-corrected chi connectivity index (χ4v) is 5.50. The van der Waals surface area contributed by atoms with Crippen LogP contribution < -0.4 is 0 Å². The Kier molecular flexibility index (Phi) is 4.25. The molecule has 23 heavy (non-hydrogen) atoms. The lowest BCUT2D eigenvalue weighted by atomic mass is 9.44. The van der Waals surface area contributed by atoms with Crippen LogP contribution in [0.15, 0.2) is 11.8 Å². The second kappa shape index (κ2) is 5.21. The predicted octanol–water partition coefficient (Wildman–Crippen LogP) is 6.09. The lowest BCUT2D eigenvalue weighted by Crippen LogP contribution is -2.57. The third-order valence-corrected chi connectivity index (χ3v) is 11.8. The minimum Gasteiger partial charge on any atom is -0.547 e. The van der Waals surface area contributed by atoms with Crippen molar-refractivity contribution in [2.45, 2.75) is 92.3 Å². The molecule has 3 heteroatoms. The van der Waals surface area contributed by atoms with Crippen molar-refractivity contribution in [2.24, 2.45) is 16.2 Å².